The van der Waals surface area contributed by atoms with Crippen molar-refractivity contribution >= 4 is 5.82 Å². The molecule has 0 unspecified atom stereocenters. The van der Waals surface area contributed by atoms with Gasteiger partial charge in [0, 0.05) is 31.9 Å². The van der Waals surface area contributed by atoms with Crippen LogP contribution in [0.3, 0.4) is 0 Å². The number of aliphatic hydroxyl groups excluding tert-OH is 1. The van der Waals surface area contributed by atoms with Crippen molar-refractivity contribution in [2.45, 2.75) is 13.0 Å². The van der Waals surface area contributed by atoms with Crippen molar-refractivity contribution in [3.8, 4) is 0 Å². The van der Waals surface area contributed by atoms with Crippen LogP contribution < -0.4 is 4.90 Å². The van der Waals surface area contributed by atoms with E-state index in [1.165, 1.54) is 0 Å². The van der Waals surface area contributed by atoms with Crippen molar-refractivity contribution in [2.75, 3.05) is 18.5 Å². The molecular formula is C13H16N4O. The van der Waals surface area contributed by atoms with Crippen molar-refractivity contribution in [2.24, 2.45) is 0 Å². The van der Waals surface area contributed by atoms with E-state index in [2.05, 4.69) is 15.0 Å². The molecule has 18 heavy (non-hydrogen) atoms. The third-order valence-electron chi connectivity index (χ3n) is 2.67. The van der Waals surface area contributed by atoms with Gasteiger partial charge in [0.1, 0.15) is 5.82 Å². The summed E-state index contributed by atoms with van der Waals surface area (Å²) < 4.78 is 0. The molecule has 0 aromatic carbocycles. The van der Waals surface area contributed by atoms with Crippen molar-refractivity contribution < 1.29 is 5.11 Å². The Morgan fingerprint density at radius 2 is 2.00 bits per heavy atom. The highest BCUT2D eigenvalue weighted by molar-refractivity contribution is 5.34. The normalized spacial score (nSPS) is 10.3. The van der Waals surface area contributed by atoms with Crippen LogP contribution in [0.1, 0.15) is 11.4 Å². The number of pyridine rings is 1. The van der Waals surface area contributed by atoms with Crippen LogP contribution in [0.5, 0.6) is 0 Å². The van der Waals surface area contributed by atoms with E-state index in [0.29, 0.717) is 5.69 Å². The molecule has 0 saturated carbocycles. The molecule has 0 radical (unpaired) electrons. The molecule has 0 fully saturated rings. The molecule has 0 aliphatic heterocycles. The largest absolute Gasteiger partial charge is 0.390 e. The van der Waals surface area contributed by atoms with Crippen molar-refractivity contribution in [1.29, 1.82) is 0 Å². The molecule has 0 amide bonds. The van der Waals surface area contributed by atoms with Gasteiger partial charge in [0.05, 0.1) is 24.7 Å². The SMILES string of the molecule is CN(CCc1ccccn1)c1cnc(CO)cn1. The molecule has 5 nitrogen and oxygen atoms in total. The maximum atomic E-state index is 8.89. The van der Waals surface area contributed by atoms with Crippen LogP contribution in [0.15, 0.2) is 36.8 Å². The summed E-state index contributed by atoms with van der Waals surface area (Å²) in [6.07, 6.45) is 5.92. The smallest absolute Gasteiger partial charge is 0.146 e. The van der Waals surface area contributed by atoms with Crippen LogP contribution in [0.25, 0.3) is 0 Å². The maximum absolute atomic E-state index is 8.89. The number of hydrogen-bond donors (Lipinski definition) is 1. The van der Waals surface area contributed by atoms with E-state index in [1.54, 1.807) is 18.6 Å². The highest BCUT2D eigenvalue weighted by Crippen LogP contribution is 2.07. The molecule has 0 atom stereocenters. The fourth-order valence-corrected chi connectivity index (χ4v) is 1.57. The highest BCUT2D eigenvalue weighted by atomic mass is 16.3. The quantitative estimate of drug-likeness (QED) is 0.851. The second kappa shape index (κ2) is 6.07. The van der Waals surface area contributed by atoms with Gasteiger partial charge in [0.15, 0.2) is 0 Å². The van der Waals surface area contributed by atoms with E-state index in [9.17, 15) is 0 Å². The molecule has 5 heteroatoms. The van der Waals surface area contributed by atoms with Crippen molar-refractivity contribution in [3.05, 3.63) is 48.2 Å². The Bertz CT molecular complexity index is 472. The first kappa shape index (κ1) is 12.4. The summed E-state index contributed by atoms with van der Waals surface area (Å²) in [5, 5.41) is 8.89. The lowest BCUT2D eigenvalue weighted by atomic mass is 10.2. The molecular weight excluding hydrogens is 228 g/mol. The van der Waals surface area contributed by atoms with E-state index >= 15 is 0 Å². The van der Waals surface area contributed by atoms with Gasteiger partial charge in [0.25, 0.3) is 0 Å². The molecule has 0 saturated heterocycles. The monoisotopic (exact) mass is 244 g/mol. The first-order valence-electron chi connectivity index (χ1n) is 5.82. The zero-order valence-corrected chi connectivity index (χ0v) is 10.3. The number of hydrogen-bond acceptors (Lipinski definition) is 5. The van der Waals surface area contributed by atoms with Gasteiger partial charge in [-0.05, 0) is 12.1 Å². The summed E-state index contributed by atoms with van der Waals surface area (Å²) in [5.74, 6) is 0.795. The zero-order chi connectivity index (χ0) is 12.8. The molecule has 0 aliphatic carbocycles. The second-order valence-corrected chi connectivity index (χ2v) is 4.02. The molecule has 2 aromatic rings. The van der Waals surface area contributed by atoms with Crippen molar-refractivity contribution in [1.82, 2.24) is 15.0 Å². The summed E-state index contributed by atoms with van der Waals surface area (Å²) in [6, 6.07) is 5.90. The Balaban J connectivity index is 1.93. The number of aliphatic hydroxyl groups is 1. The fourth-order valence-electron chi connectivity index (χ4n) is 1.57. The third kappa shape index (κ3) is 3.24. The van der Waals surface area contributed by atoms with Gasteiger partial charge in [-0.15, -0.1) is 0 Å². The standard InChI is InChI=1S/C13H16N4O/c1-17(7-5-11-4-2-3-6-14-11)13-9-15-12(10-18)8-16-13/h2-4,6,8-9,18H,5,7,10H2,1H3. The maximum Gasteiger partial charge on any atom is 0.146 e. The number of nitrogens with zero attached hydrogens (tertiary/aromatic N) is 4. The first-order chi connectivity index (χ1) is 8.79. The Morgan fingerprint density at radius 1 is 1.11 bits per heavy atom. The Morgan fingerprint density at radius 3 is 2.61 bits per heavy atom. The van der Waals surface area contributed by atoms with Gasteiger partial charge in [0.2, 0.25) is 0 Å². The number of anilines is 1. The van der Waals surface area contributed by atoms with E-state index in [0.717, 1.165) is 24.5 Å². The average molecular weight is 244 g/mol. The van der Waals surface area contributed by atoms with Gasteiger partial charge in [-0.1, -0.05) is 6.07 Å². The van der Waals surface area contributed by atoms with Gasteiger partial charge in [-0.25, -0.2) is 4.98 Å². The van der Waals surface area contributed by atoms with Crippen LogP contribution in [0.4, 0.5) is 5.82 Å². The molecule has 2 aromatic heterocycles. The Labute approximate surface area is 106 Å². The first-order valence-corrected chi connectivity index (χ1v) is 5.82. The minimum atomic E-state index is -0.0784. The number of likely N-dealkylation sites (N-methyl/N-ethyl adjacent to an activating group) is 1. The topological polar surface area (TPSA) is 62.1 Å². The molecule has 1 N–H and O–H groups in total. The molecule has 0 spiro atoms. The highest BCUT2D eigenvalue weighted by Gasteiger charge is 2.04. The summed E-state index contributed by atoms with van der Waals surface area (Å²) in [6.45, 7) is 0.745. The van der Waals surface area contributed by atoms with Gasteiger partial charge >= 0.3 is 0 Å². The lowest BCUT2D eigenvalue weighted by Gasteiger charge is -2.17. The van der Waals surface area contributed by atoms with E-state index in [-0.39, 0.29) is 6.61 Å². The Kier molecular flexibility index (Phi) is 4.20. The van der Waals surface area contributed by atoms with Crippen LogP contribution in [0, 0.1) is 0 Å². The van der Waals surface area contributed by atoms with Gasteiger partial charge in [-0.2, -0.15) is 0 Å². The van der Waals surface area contributed by atoms with Gasteiger partial charge in [-0.3, -0.25) is 9.97 Å². The molecule has 2 heterocycles. The average Bonchev–Trinajstić information content (AvgIpc) is 2.46. The van der Waals surface area contributed by atoms with Crippen LogP contribution in [-0.2, 0) is 13.0 Å². The molecule has 0 bridgehead atoms. The lowest BCUT2D eigenvalue weighted by Crippen LogP contribution is -2.22. The summed E-state index contributed by atoms with van der Waals surface area (Å²) in [7, 11) is 1.96. The van der Waals surface area contributed by atoms with Crippen LogP contribution in [-0.4, -0.2) is 33.7 Å². The fraction of sp³-hybridized carbons (Fsp3) is 0.308. The van der Waals surface area contributed by atoms with Crippen LogP contribution >= 0.6 is 0 Å². The molecule has 2 rings (SSSR count). The van der Waals surface area contributed by atoms with Crippen LogP contribution in [0.2, 0.25) is 0 Å². The third-order valence-corrected chi connectivity index (χ3v) is 2.67. The van der Waals surface area contributed by atoms with E-state index in [1.807, 2.05) is 30.1 Å². The zero-order valence-electron chi connectivity index (χ0n) is 10.3. The minimum Gasteiger partial charge on any atom is -0.390 e. The van der Waals surface area contributed by atoms with E-state index in [4.69, 9.17) is 5.11 Å². The Hall–Kier alpha value is -2.01. The lowest BCUT2D eigenvalue weighted by molar-refractivity contribution is 0.276. The summed E-state index contributed by atoms with van der Waals surface area (Å²) in [4.78, 5) is 14.6. The summed E-state index contributed by atoms with van der Waals surface area (Å²) in [5.41, 5.74) is 1.64. The molecule has 0 aliphatic rings. The predicted molar refractivity (Wildman–Crippen MR) is 69.2 cm³/mol. The number of aromatic nitrogens is 3. The second-order valence-electron chi connectivity index (χ2n) is 4.02. The minimum absolute atomic E-state index is 0.0784. The van der Waals surface area contributed by atoms with Gasteiger partial charge < -0.3 is 10.0 Å². The predicted octanol–water partition coefficient (Wildman–Crippen LogP) is 1.04. The van der Waals surface area contributed by atoms with Crippen molar-refractivity contribution in [3.63, 3.8) is 0 Å². The van der Waals surface area contributed by atoms with E-state index < -0.39 is 0 Å². The molecule has 94 valence electrons. The number of rotatable bonds is 5. The summed E-state index contributed by atoms with van der Waals surface area (Å²) >= 11 is 0.